The first-order valence-electron chi connectivity index (χ1n) is 10.4. The van der Waals surface area contributed by atoms with E-state index < -0.39 is 12.1 Å². The minimum absolute atomic E-state index is 0.0186. The summed E-state index contributed by atoms with van der Waals surface area (Å²) in [6.07, 6.45) is 0. The zero-order valence-electron chi connectivity index (χ0n) is 18.1. The average molecular weight is 435 g/mol. The van der Waals surface area contributed by atoms with Crippen LogP contribution in [0.25, 0.3) is 0 Å². The average Bonchev–Trinajstić information content (AvgIpc) is 2.89. The Bertz CT molecular complexity index is 1050. The number of rotatable bonds is 3. The molecule has 0 atom stereocenters. The molecule has 0 aliphatic carbocycles. The van der Waals surface area contributed by atoms with Gasteiger partial charge in [-0.3, -0.25) is 19.4 Å². The van der Waals surface area contributed by atoms with Gasteiger partial charge in [0, 0.05) is 40.2 Å². The fourth-order valence-corrected chi connectivity index (χ4v) is 3.99. The molecule has 9 heteroatoms. The van der Waals surface area contributed by atoms with Crippen molar-refractivity contribution in [3.05, 3.63) is 54.6 Å². The van der Waals surface area contributed by atoms with Crippen LogP contribution in [0.5, 0.6) is 0 Å². The summed E-state index contributed by atoms with van der Waals surface area (Å²) in [6.45, 7) is 3.06. The Kier molecular flexibility index (Phi) is 5.81. The van der Waals surface area contributed by atoms with Gasteiger partial charge in [-0.2, -0.15) is 0 Å². The van der Waals surface area contributed by atoms with Gasteiger partial charge >= 0.3 is 12.1 Å². The molecule has 0 aromatic heterocycles. The Balaban J connectivity index is 1.65. The first kappa shape index (κ1) is 21.4. The number of piperazine rings is 1. The van der Waals surface area contributed by atoms with Crippen molar-refractivity contribution in [2.45, 2.75) is 6.92 Å². The van der Waals surface area contributed by atoms with E-state index in [0.29, 0.717) is 43.2 Å². The van der Waals surface area contributed by atoms with Crippen LogP contribution in [0, 0.1) is 0 Å². The Labute approximate surface area is 186 Å². The monoisotopic (exact) mass is 435 g/mol. The lowest BCUT2D eigenvalue weighted by Crippen LogP contribution is -2.54. The van der Waals surface area contributed by atoms with E-state index in [2.05, 4.69) is 0 Å². The van der Waals surface area contributed by atoms with Crippen molar-refractivity contribution in [2.24, 2.45) is 0 Å². The largest absolute Gasteiger partial charge is 0.339 e. The molecular formula is C23H25N5O4. The SMILES string of the molecule is CC(=O)N1CCN(C(=O)CN2C(=O)N(C)C(=O)N(c3ccccc3)c3ccccc32)CC1. The van der Waals surface area contributed by atoms with Crippen LogP contribution in [-0.4, -0.2) is 78.3 Å². The van der Waals surface area contributed by atoms with E-state index in [1.165, 1.54) is 23.8 Å². The molecule has 0 spiro atoms. The summed E-state index contributed by atoms with van der Waals surface area (Å²) >= 11 is 0. The number of amides is 6. The van der Waals surface area contributed by atoms with Gasteiger partial charge in [-0.15, -0.1) is 0 Å². The van der Waals surface area contributed by atoms with Crippen LogP contribution in [0.3, 0.4) is 0 Å². The van der Waals surface area contributed by atoms with E-state index in [0.717, 1.165) is 4.90 Å². The zero-order chi connectivity index (χ0) is 22.8. The van der Waals surface area contributed by atoms with Crippen LogP contribution in [0.2, 0.25) is 0 Å². The first-order valence-corrected chi connectivity index (χ1v) is 10.4. The predicted molar refractivity (Wildman–Crippen MR) is 120 cm³/mol. The quantitative estimate of drug-likeness (QED) is 0.742. The predicted octanol–water partition coefficient (Wildman–Crippen LogP) is 2.51. The number of imide groups is 1. The van der Waals surface area contributed by atoms with Crippen molar-refractivity contribution in [1.82, 2.24) is 14.7 Å². The second kappa shape index (κ2) is 8.70. The van der Waals surface area contributed by atoms with Gasteiger partial charge in [-0.25, -0.2) is 14.5 Å². The van der Waals surface area contributed by atoms with E-state index in [-0.39, 0.29) is 18.4 Å². The second-order valence-electron chi connectivity index (χ2n) is 7.76. The summed E-state index contributed by atoms with van der Waals surface area (Å²) in [5.74, 6) is -0.250. The number of hydrogen-bond donors (Lipinski definition) is 0. The Morgan fingerprint density at radius 1 is 0.781 bits per heavy atom. The number of nitrogens with zero attached hydrogens (tertiary/aromatic N) is 5. The standard InChI is InChI=1S/C23H25N5O4/c1-17(29)25-12-14-26(15-13-25)21(30)16-27-19-10-6-7-11-20(19)28(18-8-4-3-5-9-18)23(32)24(2)22(27)31/h3-11H,12-16H2,1-2H3. The third kappa shape index (κ3) is 3.89. The molecule has 1 saturated heterocycles. The highest BCUT2D eigenvalue weighted by Gasteiger charge is 2.37. The van der Waals surface area contributed by atoms with Gasteiger partial charge < -0.3 is 9.80 Å². The zero-order valence-corrected chi connectivity index (χ0v) is 18.1. The molecule has 0 bridgehead atoms. The van der Waals surface area contributed by atoms with E-state index in [9.17, 15) is 19.2 Å². The molecular weight excluding hydrogens is 410 g/mol. The molecule has 0 saturated carbocycles. The van der Waals surface area contributed by atoms with Crippen molar-refractivity contribution in [1.29, 1.82) is 0 Å². The summed E-state index contributed by atoms with van der Waals surface area (Å²) < 4.78 is 0. The summed E-state index contributed by atoms with van der Waals surface area (Å²) in [5.41, 5.74) is 1.63. The molecule has 2 aromatic carbocycles. The minimum atomic E-state index is -0.573. The van der Waals surface area contributed by atoms with Crippen molar-refractivity contribution >= 4 is 40.9 Å². The molecule has 2 aliphatic rings. The number of carbonyl (C=O) groups excluding carboxylic acids is 4. The summed E-state index contributed by atoms with van der Waals surface area (Å²) in [5, 5.41) is 0. The molecule has 6 amide bonds. The van der Waals surface area contributed by atoms with Crippen LogP contribution in [0.1, 0.15) is 6.92 Å². The van der Waals surface area contributed by atoms with Crippen LogP contribution in [0.4, 0.5) is 26.7 Å². The summed E-state index contributed by atoms with van der Waals surface area (Å²) in [7, 11) is 1.41. The molecule has 32 heavy (non-hydrogen) atoms. The lowest BCUT2D eigenvalue weighted by atomic mass is 10.2. The topological polar surface area (TPSA) is 84.5 Å². The van der Waals surface area contributed by atoms with E-state index >= 15 is 0 Å². The number of anilines is 3. The van der Waals surface area contributed by atoms with Gasteiger partial charge in [0.2, 0.25) is 11.8 Å². The van der Waals surface area contributed by atoms with Gasteiger partial charge in [0.25, 0.3) is 0 Å². The molecule has 0 N–H and O–H groups in total. The Hall–Kier alpha value is -3.88. The van der Waals surface area contributed by atoms with Gasteiger partial charge in [-0.05, 0) is 24.3 Å². The number of benzene rings is 2. The molecule has 0 unspecified atom stereocenters. The number of para-hydroxylation sites is 3. The molecule has 2 aromatic rings. The van der Waals surface area contributed by atoms with Gasteiger partial charge in [0.1, 0.15) is 6.54 Å². The maximum absolute atomic E-state index is 13.2. The second-order valence-corrected chi connectivity index (χ2v) is 7.76. The van der Waals surface area contributed by atoms with Crippen LogP contribution < -0.4 is 9.80 Å². The lowest BCUT2D eigenvalue weighted by molar-refractivity contribution is -0.137. The highest BCUT2D eigenvalue weighted by Crippen LogP contribution is 2.38. The number of fused-ring (bicyclic) bond motifs is 1. The van der Waals surface area contributed by atoms with Crippen molar-refractivity contribution in [3.8, 4) is 0 Å². The molecule has 9 nitrogen and oxygen atoms in total. The molecule has 2 heterocycles. The molecule has 2 aliphatic heterocycles. The Morgan fingerprint density at radius 2 is 1.34 bits per heavy atom. The highest BCUT2D eigenvalue weighted by molar-refractivity contribution is 6.16. The summed E-state index contributed by atoms with van der Waals surface area (Å²) in [4.78, 5) is 58.3. The molecule has 0 radical (unpaired) electrons. The fourth-order valence-electron chi connectivity index (χ4n) is 3.99. The maximum atomic E-state index is 13.2. The summed E-state index contributed by atoms with van der Waals surface area (Å²) in [6, 6.07) is 15.1. The normalized spacial score (nSPS) is 16.8. The molecule has 166 valence electrons. The van der Waals surface area contributed by atoms with Crippen LogP contribution in [-0.2, 0) is 9.59 Å². The molecule has 1 fully saturated rings. The van der Waals surface area contributed by atoms with Crippen LogP contribution in [0.15, 0.2) is 54.6 Å². The lowest BCUT2D eigenvalue weighted by Gasteiger charge is -2.35. The van der Waals surface area contributed by atoms with E-state index in [1.807, 2.05) is 18.2 Å². The number of hydrogen-bond acceptors (Lipinski definition) is 4. The number of urea groups is 2. The van der Waals surface area contributed by atoms with Crippen molar-refractivity contribution in [2.75, 3.05) is 49.6 Å². The van der Waals surface area contributed by atoms with Crippen LogP contribution >= 0.6 is 0 Å². The van der Waals surface area contributed by atoms with Gasteiger partial charge in [0.15, 0.2) is 0 Å². The minimum Gasteiger partial charge on any atom is -0.339 e. The smallest absolute Gasteiger partial charge is 0.337 e. The highest BCUT2D eigenvalue weighted by atomic mass is 16.2. The van der Waals surface area contributed by atoms with Gasteiger partial charge in [-0.1, -0.05) is 30.3 Å². The number of carbonyl (C=O) groups is 4. The van der Waals surface area contributed by atoms with Crippen molar-refractivity contribution in [3.63, 3.8) is 0 Å². The van der Waals surface area contributed by atoms with E-state index in [4.69, 9.17) is 0 Å². The fraction of sp³-hybridized carbons (Fsp3) is 0.304. The Morgan fingerprint density at radius 3 is 1.97 bits per heavy atom. The van der Waals surface area contributed by atoms with E-state index in [1.54, 1.807) is 46.2 Å². The van der Waals surface area contributed by atoms with Gasteiger partial charge in [0.05, 0.1) is 17.1 Å². The third-order valence-electron chi connectivity index (χ3n) is 5.79. The third-order valence-corrected chi connectivity index (χ3v) is 5.79. The maximum Gasteiger partial charge on any atom is 0.337 e. The first-order chi connectivity index (χ1) is 15.4. The molecule has 4 rings (SSSR count). The van der Waals surface area contributed by atoms with Crippen molar-refractivity contribution < 1.29 is 19.2 Å².